The quantitative estimate of drug-likeness (QED) is 0.814. The highest BCUT2D eigenvalue weighted by Gasteiger charge is 2.16. The lowest BCUT2D eigenvalue weighted by molar-refractivity contribution is 0.0954. The highest BCUT2D eigenvalue weighted by molar-refractivity contribution is 7.97. The van der Waals surface area contributed by atoms with Crippen molar-refractivity contribution in [2.45, 2.75) is 31.7 Å². The van der Waals surface area contributed by atoms with Crippen LogP contribution in [0.25, 0.3) is 0 Å². The smallest absolute Gasteiger partial charge is 0.263 e. The standard InChI is InChI=1S/C15H20N4OS3/c1-21-10-14-18-11(9-22-14)6-17-15(20)12-7-16-13(23-12)8-19-4-2-3-5-19/h7,9H,2-6,8,10H2,1H3,(H,17,20). The molecule has 1 saturated heterocycles. The van der Waals surface area contributed by atoms with Gasteiger partial charge in [-0.05, 0) is 32.2 Å². The fraction of sp³-hybridized carbons (Fsp3) is 0.533. The molecule has 0 aromatic carbocycles. The summed E-state index contributed by atoms with van der Waals surface area (Å²) in [5, 5.41) is 7.07. The van der Waals surface area contributed by atoms with E-state index in [1.807, 2.05) is 5.38 Å². The summed E-state index contributed by atoms with van der Waals surface area (Å²) in [6.45, 7) is 3.62. The van der Waals surface area contributed by atoms with Gasteiger partial charge in [0.15, 0.2) is 0 Å². The zero-order chi connectivity index (χ0) is 16.1. The van der Waals surface area contributed by atoms with E-state index < -0.39 is 0 Å². The first-order valence-corrected chi connectivity index (χ1v) is 10.7. The van der Waals surface area contributed by atoms with Crippen molar-refractivity contribution in [3.63, 3.8) is 0 Å². The van der Waals surface area contributed by atoms with Crippen LogP contribution in [-0.4, -0.2) is 40.1 Å². The lowest BCUT2D eigenvalue weighted by Crippen LogP contribution is -2.22. The zero-order valence-electron chi connectivity index (χ0n) is 13.1. The predicted molar refractivity (Wildman–Crippen MR) is 97.1 cm³/mol. The van der Waals surface area contributed by atoms with E-state index >= 15 is 0 Å². The third kappa shape index (κ3) is 4.76. The molecule has 5 nitrogen and oxygen atoms in total. The molecule has 0 saturated carbocycles. The van der Waals surface area contributed by atoms with Gasteiger partial charge in [-0.1, -0.05) is 0 Å². The second kappa shape index (κ2) is 8.23. The van der Waals surface area contributed by atoms with E-state index in [1.165, 1.54) is 24.2 Å². The van der Waals surface area contributed by atoms with Gasteiger partial charge in [0.05, 0.1) is 25.0 Å². The molecule has 124 valence electrons. The Morgan fingerprint density at radius 1 is 1.39 bits per heavy atom. The minimum atomic E-state index is -0.0606. The van der Waals surface area contributed by atoms with Crippen LogP contribution in [0.2, 0.25) is 0 Å². The summed E-state index contributed by atoms with van der Waals surface area (Å²) in [5.41, 5.74) is 0.925. The molecule has 0 radical (unpaired) electrons. The SMILES string of the molecule is CSCc1nc(CNC(=O)c2cnc(CN3CCCC3)s2)cs1. The molecular formula is C15H20N4OS3. The molecule has 3 rings (SSSR count). The lowest BCUT2D eigenvalue weighted by Gasteiger charge is -2.11. The minimum absolute atomic E-state index is 0.0606. The second-order valence-corrected chi connectivity index (χ2v) is 8.37. The summed E-state index contributed by atoms with van der Waals surface area (Å²) >= 11 is 4.89. The van der Waals surface area contributed by atoms with E-state index in [2.05, 4.69) is 26.4 Å². The highest BCUT2D eigenvalue weighted by atomic mass is 32.2. The molecule has 1 amide bonds. The maximum atomic E-state index is 12.2. The van der Waals surface area contributed by atoms with Gasteiger partial charge < -0.3 is 5.32 Å². The van der Waals surface area contributed by atoms with E-state index in [9.17, 15) is 4.79 Å². The number of amides is 1. The molecule has 8 heteroatoms. The maximum absolute atomic E-state index is 12.2. The number of aromatic nitrogens is 2. The molecular weight excluding hydrogens is 348 g/mol. The summed E-state index contributed by atoms with van der Waals surface area (Å²) in [5.74, 6) is 0.863. The summed E-state index contributed by atoms with van der Waals surface area (Å²) in [6, 6.07) is 0. The molecule has 2 aromatic heterocycles. The van der Waals surface area contributed by atoms with E-state index in [1.54, 1.807) is 29.3 Å². The van der Waals surface area contributed by atoms with Crippen molar-refractivity contribution < 1.29 is 4.79 Å². The van der Waals surface area contributed by atoms with Gasteiger partial charge in [0.25, 0.3) is 5.91 Å². The van der Waals surface area contributed by atoms with Crippen molar-refractivity contribution in [1.29, 1.82) is 0 Å². The number of thioether (sulfide) groups is 1. The molecule has 1 aliphatic heterocycles. The highest BCUT2D eigenvalue weighted by Crippen LogP contribution is 2.18. The monoisotopic (exact) mass is 368 g/mol. The second-order valence-electron chi connectivity index (χ2n) is 5.45. The van der Waals surface area contributed by atoms with Crippen LogP contribution in [0.4, 0.5) is 0 Å². The first kappa shape index (κ1) is 16.9. The van der Waals surface area contributed by atoms with Crippen LogP contribution >= 0.6 is 34.4 Å². The molecule has 0 atom stereocenters. The van der Waals surface area contributed by atoms with Crippen LogP contribution in [0.15, 0.2) is 11.6 Å². The first-order valence-electron chi connectivity index (χ1n) is 7.62. The van der Waals surface area contributed by atoms with Gasteiger partial charge in [0.1, 0.15) is 14.9 Å². The van der Waals surface area contributed by atoms with Gasteiger partial charge in [0.2, 0.25) is 0 Å². The first-order chi connectivity index (χ1) is 11.2. The van der Waals surface area contributed by atoms with Crippen LogP contribution in [0.5, 0.6) is 0 Å². The Morgan fingerprint density at radius 3 is 3.00 bits per heavy atom. The third-order valence-corrected chi connectivity index (χ3v) is 6.26. The lowest BCUT2D eigenvalue weighted by atomic mass is 10.4. The van der Waals surface area contributed by atoms with Gasteiger partial charge in [-0.15, -0.1) is 22.7 Å². The number of hydrogen-bond acceptors (Lipinski definition) is 7. The number of hydrogen-bond donors (Lipinski definition) is 1. The van der Waals surface area contributed by atoms with E-state index in [-0.39, 0.29) is 5.91 Å². The number of rotatable bonds is 7. The number of thiazole rings is 2. The van der Waals surface area contributed by atoms with Crippen LogP contribution < -0.4 is 5.32 Å². The van der Waals surface area contributed by atoms with E-state index in [0.29, 0.717) is 11.4 Å². The average molecular weight is 369 g/mol. The average Bonchev–Trinajstić information content (AvgIpc) is 3.27. The Balaban J connectivity index is 1.50. The van der Waals surface area contributed by atoms with Crippen LogP contribution in [-0.2, 0) is 18.8 Å². The number of nitrogens with one attached hydrogen (secondary N) is 1. The zero-order valence-corrected chi connectivity index (χ0v) is 15.5. The summed E-state index contributed by atoms with van der Waals surface area (Å²) < 4.78 is 0. The van der Waals surface area contributed by atoms with E-state index in [4.69, 9.17) is 0 Å². The molecule has 0 spiro atoms. The Kier molecular flexibility index (Phi) is 6.04. The predicted octanol–water partition coefficient (Wildman–Crippen LogP) is 2.99. The molecule has 1 fully saturated rings. The minimum Gasteiger partial charge on any atom is -0.346 e. The number of carbonyl (C=O) groups is 1. The molecule has 23 heavy (non-hydrogen) atoms. The topological polar surface area (TPSA) is 58.1 Å². The number of nitrogens with zero attached hydrogens (tertiary/aromatic N) is 3. The van der Waals surface area contributed by atoms with Gasteiger partial charge in [0, 0.05) is 11.1 Å². The largest absolute Gasteiger partial charge is 0.346 e. The Morgan fingerprint density at radius 2 is 2.22 bits per heavy atom. The van der Waals surface area contributed by atoms with Crippen molar-refractivity contribution in [1.82, 2.24) is 20.2 Å². The Labute approximate surface area is 148 Å². The summed E-state index contributed by atoms with van der Waals surface area (Å²) in [7, 11) is 0. The molecule has 0 unspecified atom stereocenters. The van der Waals surface area contributed by atoms with Crippen molar-refractivity contribution in [3.8, 4) is 0 Å². The van der Waals surface area contributed by atoms with Gasteiger partial charge in [-0.3, -0.25) is 9.69 Å². The van der Waals surface area contributed by atoms with E-state index in [0.717, 1.165) is 41.1 Å². The van der Waals surface area contributed by atoms with Crippen molar-refractivity contribution in [2.24, 2.45) is 0 Å². The van der Waals surface area contributed by atoms with Crippen molar-refractivity contribution >= 4 is 40.3 Å². The van der Waals surface area contributed by atoms with Crippen molar-refractivity contribution in [3.05, 3.63) is 32.2 Å². The third-order valence-electron chi connectivity index (χ3n) is 3.63. The van der Waals surface area contributed by atoms with Crippen LogP contribution in [0.3, 0.4) is 0 Å². The summed E-state index contributed by atoms with van der Waals surface area (Å²) in [4.78, 5) is 24.2. The molecule has 0 bridgehead atoms. The normalized spacial score (nSPS) is 15.2. The molecule has 0 aliphatic carbocycles. The summed E-state index contributed by atoms with van der Waals surface area (Å²) in [6.07, 6.45) is 6.29. The van der Waals surface area contributed by atoms with Crippen LogP contribution in [0, 0.1) is 0 Å². The number of likely N-dealkylation sites (tertiary alicyclic amines) is 1. The molecule has 3 heterocycles. The number of carbonyl (C=O) groups excluding carboxylic acids is 1. The van der Waals surface area contributed by atoms with Gasteiger partial charge >= 0.3 is 0 Å². The van der Waals surface area contributed by atoms with Gasteiger partial charge in [-0.2, -0.15) is 11.8 Å². The maximum Gasteiger partial charge on any atom is 0.263 e. The Hall–Kier alpha value is -0.960. The Bertz CT molecular complexity index is 649. The van der Waals surface area contributed by atoms with Crippen molar-refractivity contribution in [2.75, 3.05) is 19.3 Å². The fourth-order valence-corrected chi connectivity index (χ4v) is 4.89. The fourth-order valence-electron chi connectivity index (χ4n) is 2.50. The van der Waals surface area contributed by atoms with Gasteiger partial charge in [-0.25, -0.2) is 9.97 Å². The molecule has 1 aliphatic rings. The molecule has 1 N–H and O–H groups in total. The van der Waals surface area contributed by atoms with Crippen LogP contribution in [0.1, 0.15) is 38.2 Å². The molecule has 2 aromatic rings.